The number of carbonyl (C=O) groups is 2. The monoisotopic (exact) mass is 394 g/mol. The number of hydrogen-bond acceptors (Lipinski definition) is 3. The summed E-state index contributed by atoms with van der Waals surface area (Å²) in [4.78, 5) is 28.1. The first kappa shape index (κ1) is 20.7. The molecule has 3 amide bonds. The minimum absolute atomic E-state index is 0.0266. The molecule has 1 aliphatic rings. The van der Waals surface area contributed by atoms with Gasteiger partial charge in [-0.3, -0.25) is 4.79 Å². The van der Waals surface area contributed by atoms with Gasteiger partial charge < -0.3 is 20.4 Å². The molecule has 6 heteroatoms. The number of benzene rings is 2. The molecule has 1 heterocycles. The van der Waals surface area contributed by atoms with E-state index in [1.807, 2.05) is 29.2 Å². The van der Waals surface area contributed by atoms with E-state index in [0.717, 1.165) is 43.0 Å². The SMILES string of the molecule is CCc1cccc(CC)c1NC(=O)N1CCN(c2ccc(NC(C)=O)cc2)CC1. The number of aryl methyl sites for hydroxylation is 2. The van der Waals surface area contributed by atoms with E-state index in [2.05, 4.69) is 47.6 Å². The summed E-state index contributed by atoms with van der Waals surface area (Å²) in [6.07, 6.45) is 1.79. The van der Waals surface area contributed by atoms with Gasteiger partial charge in [0.05, 0.1) is 0 Å². The zero-order valence-electron chi connectivity index (χ0n) is 17.5. The molecule has 1 aliphatic heterocycles. The Bertz CT molecular complexity index is 833. The van der Waals surface area contributed by atoms with Gasteiger partial charge in [0.1, 0.15) is 0 Å². The van der Waals surface area contributed by atoms with Crippen molar-refractivity contribution in [3.8, 4) is 0 Å². The Morgan fingerprint density at radius 1 is 0.862 bits per heavy atom. The maximum absolute atomic E-state index is 12.9. The summed E-state index contributed by atoms with van der Waals surface area (Å²) in [5.41, 5.74) is 5.22. The van der Waals surface area contributed by atoms with Gasteiger partial charge in [0.15, 0.2) is 0 Å². The van der Waals surface area contributed by atoms with Crippen LogP contribution in [0.5, 0.6) is 0 Å². The number of rotatable bonds is 5. The Kier molecular flexibility index (Phi) is 6.75. The van der Waals surface area contributed by atoms with Gasteiger partial charge >= 0.3 is 6.03 Å². The molecule has 0 aliphatic carbocycles. The molecule has 1 saturated heterocycles. The second-order valence-electron chi connectivity index (χ2n) is 7.29. The van der Waals surface area contributed by atoms with Crippen LogP contribution in [0.3, 0.4) is 0 Å². The molecule has 1 fully saturated rings. The molecule has 0 unspecified atom stereocenters. The summed E-state index contributed by atoms with van der Waals surface area (Å²) < 4.78 is 0. The van der Waals surface area contributed by atoms with Gasteiger partial charge in [-0.25, -0.2) is 4.79 Å². The Hall–Kier alpha value is -3.02. The molecule has 29 heavy (non-hydrogen) atoms. The third kappa shape index (κ3) is 5.08. The second-order valence-corrected chi connectivity index (χ2v) is 7.29. The normalized spacial score (nSPS) is 13.9. The Labute approximate surface area is 172 Å². The number of nitrogens with one attached hydrogen (secondary N) is 2. The fraction of sp³-hybridized carbons (Fsp3) is 0.391. The van der Waals surface area contributed by atoms with E-state index in [1.165, 1.54) is 18.1 Å². The van der Waals surface area contributed by atoms with Crippen LogP contribution in [0.4, 0.5) is 21.9 Å². The highest BCUT2D eigenvalue weighted by atomic mass is 16.2. The first-order valence-corrected chi connectivity index (χ1v) is 10.3. The number of hydrogen-bond donors (Lipinski definition) is 2. The van der Waals surface area contributed by atoms with Crippen LogP contribution in [0.15, 0.2) is 42.5 Å². The van der Waals surface area contributed by atoms with E-state index in [0.29, 0.717) is 13.1 Å². The number of para-hydroxylation sites is 1. The van der Waals surface area contributed by atoms with Crippen molar-refractivity contribution in [2.75, 3.05) is 41.7 Å². The minimum Gasteiger partial charge on any atom is -0.368 e. The van der Waals surface area contributed by atoms with Gasteiger partial charge in [-0.1, -0.05) is 32.0 Å². The third-order valence-corrected chi connectivity index (χ3v) is 5.35. The molecule has 0 aromatic heterocycles. The molecular formula is C23H30N4O2. The lowest BCUT2D eigenvalue weighted by molar-refractivity contribution is -0.114. The van der Waals surface area contributed by atoms with Crippen molar-refractivity contribution in [3.63, 3.8) is 0 Å². The van der Waals surface area contributed by atoms with Crippen LogP contribution >= 0.6 is 0 Å². The van der Waals surface area contributed by atoms with Gasteiger partial charge in [-0.05, 0) is 48.2 Å². The maximum Gasteiger partial charge on any atom is 0.321 e. The zero-order chi connectivity index (χ0) is 20.8. The van der Waals surface area contributed by atoms with Crippen molar-refractivity contribution in [2.45, 2.75) is 33.6 Å². The van der Waals surface area contributed by atoms with Crippen LogP contribution in [0, 0.1) is 0 Å². The van der Waals surface area contributed by atoms with Crippen molar-refractivity contribution < 1.29 is 9.59 Å². The van der Waals surface area contributed by atoms with Crippen LogP contribution in [-0.4, -0.2) is 43.0 Å². The van der Waals surface area contributed by atoms with Crippen LogP contribution in [-0.2, 0) is 17.6 Å². The molecule has 6 nitrogen and oxygen atoms in total. The summed E-state index contributed by atoms with van der Waals surface area (Å²) >= 11 is 0. The molecule has 154 valence electrons. The molecule has 0 atom stereocenters. The van der Waals surface area contributed by atoms with Gasteiger partial charge in [0, 0.05) is 50.2 Å². The highest BCUT2D eigenvalue weighted by Crippen LogP contribution is 2.24. The molecule has 0 radical (unpaired) electrons. The molecular weight excluding hydrogens is 364 g/mol. The molecule has 2 aromatic carbocycles. The Morgan fingerprint density at radius 3 is 1.97 bits per heavy atom. The molecule has 2 N–H and O–H groups in total. The van der Waals surface area contributed by atoms with Crippen molar-refractivity contribution in [1.29, 1.82) is 0 Å². The summed E-state index contributed by atoms with van der Waals surface area (Å²) in [5.74, 6) is -0.0757. The molecule has 0 spiro atoms. The van der Waals surface area contributed by atoms with Crippen LogP contribution < -0.4 is 15.5 Å². The lowest BCUT2D eigenvalue weighted by Crippen LogP contribution is -2.50. The number of amides is 3. The molecule has 0 bridgehead atoms. The van der Waals surface area contributed by atoms with Gasteiger partial charge in [-0.15, -0.1) is 0 Å². The first-order valence-electron chi connectivity index (χ1n) is 10.3. The largest absolute Gasteiger partial charge is 0.368 e. The van der Waals surface area contributed by atoms with Gasteiger partial charge in [-0.2, -0.15) is 0 Å². The van der Waals surface area contributed by atoms with E-state index in [1.54, 1.807) is 0 Å². The van der Waals surface area contributed by atoms with Crippen molar-refractivity contribution >= 4 is 29.0 Å². The summed E-state index contributed by atoms with van der Waals surface area (Å²) in [6, 6.07) is 14.0. The van der Waals surface area contributed by atoms with Crippen molar-refractivity contribution in [3.05, 3.63) is 53.6 Å². The zero-order valence-corrected chi connectivity index (χ0v) is 17.5. The summed E-state index contributed by atoms with van der Waals surface area (Å²) in [5, 5.41) is 5.94. The van der Waals surface area contributed by atoms with Crippen molar-refractivity contribution in [1.82, 2.24) is 4.90 Å². The fourth-order valence-electron chi connectivity index (χ4n) is 3.72. The number of piperazine rings is 1. The molecule has 3 rings (SSSR count). The first-order chi connectivity index (χ1) is 14.0. The van der Waals surface area contributed by atoms with E-state index in [4.69, 9.17) is 0 Å². The third-order valence-electron chi connectivity index (χ3n) is 5.35. The number of urea groups is 1. The van der Waals surface area contributed by atoms with E-state index < -0.39 is 0 Å². The quantitative estimate of drug-likeness (QED) is 0.802. The Morgan fingerprint density at radius 2 is 1.45 bits per heavy atom. The fourth-order valence-corrected chi connectivity index (χ4v) is 3.72. The van der Waals surface area contributed by atoms with Gasteiger partial charge in [0.25, 0.3) is 0 Å². The van der Waals surface area contributed by atoms with E-state index in [9.17, 15) is 9.59 Å². The highest BCUT2D eigenvalue weighted by molar-refractivity contribution is 5.91. The van der Waals surface area contributed by atoms with Crippen LogP contribution in [0.2, 0.25) is 0 Å². The Balaban J connectivity index is 1.59. The van der Waals surface area contributed by atoms with Gasteiger partial charge in [0.2, 0.25) is 5.91 Å². The highest BCUT2D eigenvalue weighted by Gasteiger charge is 2.22. The van der Waals surface area contributed by atoms with E-state index in [-0.39, 0.29) is 11.9 Å². The molecule has 2 aromatic rings. The number of carbonyl (C=O) groups excluding carboxylic acids is 2. The van der Waals surface area contributed by atoms with Crippen LogP contribution in [0.25, 0.3) is 0 Å². The van der Waals surface area contributed by atoms with E-state index >= 15 is 0 Å². The maximum atomic E-state index is 12.9. The summed E-state index contributed by atoms with van der Waals surface area (Å²) in [6.45, 7) is 8.64. The predicted octanol–water partition coefficient (Wildman–Crippen LogP) is 4.12. The second kappa shape index (κ2) is 9.45. The minimum atomic E-state index is -0.0757. The standard InChI is InChI=1S/C23H30N4O2/c1-4-18-7-6-8-19(5-2)22(18)25-23(29)27-15-13-26(14-16-27)21-11-9-20(10-12-21)24-17(3)28/h6-12H,4-5,13-16H2,1-3H3,(H,24,28)(H,25,29). The molecule has 0 saturated carbocycles. The summed E-state index contributed by atoms with van der Waals surface area (Å²) in [7, 11) is 0. The predicted molar refractivity (Wildman–Crippen MR) is 119 cm³/mol. The number of anilines is 3. The average molecular weight is 395 g/mol. The van der Waals surface area contributed by atoms with Crippen LogP contribution in [0.1, 0.15) is 31.9 Å². The topological polar surface area (TPSA) is 64.7 Å². The van der Waals surface area contributed by atoms with Crippen molar-refractivity contribution in [2.24, 2.45) is 0 Å². The lowest BCUT2D eigenvalue weighted by atomic mass is 10.0. The number of nitrogens with zero attached hydrogens (tertiary/aromatic N) is 2. The smallest absolute Gasteiger partial charge is 0.321 e. The average Bonchev–Trinajstić information content (AvgIpc) is 2.74. The lowest BCUT2D eigenvalue weighted by Gasteiger charge is -2.36.